The van der Waals surface area contributed by atoms with Crippen molar-refractivity contribution in [3.63, 3.8) is 0 Å². The predicted octanol–water partition coefficient (Wildman–Crippen LogP) is 1.15. The van der Waals surface area contributed by atoms with E-state index >= 15 is 0 Å². The first kappa shape index (κ1) is 13.9. The summed E-state index contributed by atoms with van der Waals surface area (Å²) in [5.74, 6) is 0.543. The number of aliphatic hydroxyl groups excluding tert-OH is 1. The summed E-state index contributed by atoms with van der Waals surface area (Å²) in [5, 5.41) is 9.08. The fourth-order valence-corrected chi connectivity index (χ4v) is 3.08. The minimum Gasteiger partial charge on any atom is -0.468 e. The van der Waals surface area contributed by atoms with Crippen LogP contribution in [0, 0.1) is 0 Å². The molecule has 2 aromatic rings. The zero-order chi connectivity index (χ0) is 14.0. The molecular weight excluding hydrogens is 268 g/mol. The molecule has 6 nitrogen and oxygen atoms in total. The Morgan fingerprint density at radius 2 is 2.26 bits per heavy atom. The third-order valence-electron chi connectivity index (χ3n) is 2.86. The molecule has 2 aromatic heterocycles. The lowest BCUT2D eigenvalue weighted by Gasteiger charge is -2.10. The van der Waals surface area contributed by atoms with Gasteiger partial charge in [0.1, 0.15) is 5.76 Å². The maximum atomic E-state index is 12.2. The van der Waals surface area contributed by atoms with Gasteiger partial charge in [-0.15, -0.1) is 0 Å². The van der Waals surface area contributed by atoms with Crippen molar-refractivity contribution in [1.82, 2.24) is 9.29 Å². The monoisotopic (exact) mass is 284 g/mol. The highest BCUT2D eigenvalue weighted by Gasteiger charge is 2.21. The van der Waals surface area contributed by atoms with E-state index in [1.54, 1.807) is 30.7 Å². The predicted molar refractivity (Wildman–Crippen MR) is 68.8 cm³/mol. The fourth-order valence-electron chi connectivity index (χ4n) is 1.78. The molecule has 0 fully saturated rings. The van der Waals surface area contributed by atoms with Crippen LogP contribution in [0.15, 0.2) is 40.0 Å². The molecule has 7 heteroatoms. The largest absolute Gasteiger partial charge is 0.468 e. The molecule has 0 amide bonds. The van der Waals surface area contributed by atoms with Gasteiger partial charge in [0.25, 0.3) is 0 Å². The Balaban J connectivity index is 2.22. The van der Waals surface area contributed by atoms with Gasteiger partial charge in [0.2, 0.25) is 10.0 Å². The van der Waals surface area contributed by atoms with Crippen molar-refractivity contribution in [2.45, 2.75) is 24.5 Å². The number of furan rings is 1. The molecule has 2 rings (SSSR count). The highest BCUT2D eigenvalue weighted by molar-refractivity contribution is 7.89. The quantitative estimate of drug-likeness (QED) is 0.862. The van der Waals surface area contributed by atoms with Crippen LogP contribution in [0.3, 0.4) is 0 Å². The van der Waals surface area contributed by atoms with Crippen molar-refractivity contribution in [3.8, 4) is 0 Å². The molecule has 0 spiro atoms. The molecule has 2 N–H and O–H groups in total. The van der Waals surface area contributed by atoms with Gasteiger partial charge in [0.15, 0.2) is 0 Å². The minimum absolute atomic E-state index is 0.123. The van der Waals surface area contributed by atoms with Crippen LogP contribution in [-0.4, -0.2) is 18.1 Å². The van der Waals surface area contributed by atoms with Crippen molar-refractivity contribution in [2.75, 3.05) is 0 Å². The van der Waals surface area contributed by atoms with E-state index < -0.39 is 16.1 Å². The van der Waals surface area contributed by atoms with Crippen molar-refractivity contribution in [3.05, 3.63) is 42.1 Å². The second-order valence-electron chi connectivity index (χ2n) is 4.29. The van der Waals surface area contributed by atoms with E-state index in [0.717, 1.165) is 0 Å². The van der Waals surface area contributed by atoms with Crippen LogP contribution in [0.25, 0.3) is 0 Å². The molecule has 0 aliphatic heterocycles. The molecule has 0 radical (unpaired) electrons. The van der Waals surface area contributed by atoms with Crippen LogP contribution in [-0.2, 0) is 23.7 Å². The summed E-state index contributed by atoms with van der Waals surface area (Å²) in [5.41, 5.74) is 0.533. The molecule has 19 heavy (non-hydrogen) atoms. The number of aliphatic hydroxyl groups is 1. The van der Waals surface area contributed by atoms with Gasteiger partial charge < -0.3 is 14.1 Å². The second-order valence-corrected chi connectivity index (χ2v) is 6.01. The van der Waals surface area contributed by atoms with Crippen molar-refractivity contribution in [2.24, 2.45) is 7.05 Å². The summed E-state index contributed by atoms with van der Waals surface area (Å²) in [6.07, 6.45) is 2.95. The van der Waals surface area contributed by atoms with Crippen LogP contribution < -0.4 is 4.72 Å². The summed E-state index contributed by atoms with van der Waals surface area (Å²) in [6, 6.07) is 4.39. The lowest BCUT2D eigenvalue weighted by Crippen LogP contribution is -2.26. The molecule has 2 heterocycles. The van der Waals surface area contributed by atoms with Crippen LogP contribution >= 0.6 is 0 Å². The van der Waals surface area contributed by atoms with E-state index in [-0.39, 0.29) is 11.5 Å². The van der Waals surface area contributed by atoms with Gasteiger partial charge in [-0.3, -0.25) is 0 Å². The second kappa shape index (κ2) is 5.20. The van der Waals surface area contributed by atoms with Crippen LogP contribution in [0.4, 0.5) is 0 Å². The molecule has 0 aromatic carbocycles. The van der Waals surface area contributed by atoms with Crippen LogP contribution in [0.1, 0.15) is 24.4 Å². The average molecular weight is 284 g/mol. The Morgan fingerprint density at radius 1 is 1.53 bits per heavy atom. The highest BCUT2D eigenvalue weighted by atomic mass is 32.2. The first-order chi connectivity index (χ1) is 8.94. The highest BCUT2D eigenvalue weighted by Crippen LogP contribution is 2.18. The number of hydrogen-bond donors (Lipinski definition) is 2. The van der Waals surface area contributed by atoms with Gasteiger partial charge >= 0.3 is 0 Å². The number of rotatable bonds is 5. The topological polar surface area (TPSA) is 84.5 Å². The number of aryl methyl sites for hydroxylation is 1. The first-order valence-electron chi connectivity index (χ1n) is 5.76. The maximum absolute atomic E-state index is 12.2. The SMILES string of the molecule is CC(NS(=O)(=O)c1cc(CO)n(C)c1)c1ccco1. The van der Waals surface area contributed by atoms with E-state index in [4.69, 9.17) is 9.52 Å². The third kappa shape index (κ3) is 2.89. The molecule has 1 unspecified atom stereocenters. The number of aromatic nitrogens is 1. The van der Waals surface area contributed by atoms with Gasteiger partial charge in [0.05, 0.1) is 23.8 Å². The van der Waals surface area contributed by atoms with Crippen molar-refractivity contribution >= 4 is 10.0 Å². The summed E-state index contributed by atoms with van der Waals surface area (Å²) in [6.45, 7) is 1.49. The van der Waals surface area contributed by atoms with Crippen molar-refractivity contribution < 1.29 is 17.9 Å². The van der Waals surface area contributed by atoms with E-state index in [9.17, 15) is 8.42 Å². The molecule has 0 aliphatic carbocycles. The van der Waals surface area contributed by atoms with Gasteiger partial charge in [-0.05, 0) is 25.1 Å². The smallest absolute Gasteiger partial charge is 0.242 e. The van der Waals surface area contributed by atoms with E-state index in [0.29, 0.717) is 11.5 Å². The Hall–Kier alpha value is -1.57. The Labute approximate surface area is 111 Å². The summed E-state index contributed by atoms with van der Waals surface area (Å²) >= 11 is 0. The van der Waals surface area contributed by atoms with Gasteiger partial charge in [-0.2, -0.15) is 0 Å². The van der Waals surface area contributed by atoms with Crippen LogP contribution in [0.2, 0.25) is 0 Å². The van der Waals surface area contributed by atoms with Crippen LogP contribution in [0.5, 0.6) is 0 Å². The zero-order valence-electron chi connectivity index (χ0n) is 10.7. The average Bonchev–Trinajstić information content (AvgIpc) is 2.96. The normalized spacial score (nSPS) is 13.6. The van der Waals surface area contributed by atoms with Crippen molar-refractivity contribution in [1.29, 1.82) is 0 Å². The molecule has 0 bridgehead atoms. The Morgan fingerprint density at radius 3 is 2.79 bits per heavy atom. The standard InChI is InChI=1S/C12H16N2O4S/c1-9(12-4-3-5-18-12)13-19(16,17)11-6-10(8-15)14(2)7-11/h3-7,9,13,15H,8H2,1-2H3. The van der Waals surface area contributed by atoms with E-state index in [1.807, 2.05) is 0 Å². The molecular formula is C12H16N2O4S. The van der Waals surface area contributed by atoms with Gasteiger partial charge in [-0.1, -0.05) is 0 Å². The number of nitrogens with one attached hydrogen (secondary N) is 1. The molecule has 1 atom stereocenters. The number of nitrogens with zero attached hydrogens (tertiary/aromatic N) is 1. The summed E-state index contributed by atoms with van der Waals surface area (Å²) in [7, 11) is -1.96. The van der Waals surface area contributed by atoms with Gasteiger partial charge in [0, 0.05) is 18.9 Å². The minimum atomic E-state index is -3.64. The molecule has 0 aliphatic rings. The summed E-state index contributed by atoms with van der Waals surface area (Å²) < 4.78 is 33.6. The molecule has 0 saturated heterocycles. The lowest BCUT2D eigenvalue weighted by atomic mass is 10.3. The molecule has 0 saturated carbocycles. The fraction of sp³-hybridized carbons (Fsp3) is 0.333. The van der Waals surface area contributed by atoms with E-state index in [1.165, 1.54) is 18.5 Å². The van der Waals surface area contributed by atoms with Gasteiger partial charge in [-0.25, -0.2) is 13.1 Å². The van der Waals surface area contributed by atoms with E-state index in [2.05, 4.69) is 4.72 Å². The number of hydrogen-bond acceptors (Lipinski definition) is 4. The maximum Gasteiger partial charge on any atom is 0.242 e. The molecule has 104 valence electrons. The third-order valence-corrected chi connectivity index (χ3v) is 4.36. The lowest BCUT2D eigenvalue weighted by molar-refractivity contribution is 0.272. The first-order valence-corrected chi connectivity index (χ1v) is 7.24. The zero-order valence-corrected chi connectivity index (χ0v) is 11.5. The number of sulfonamides is 1. The Kier molecular flexibility index (Phi) is 3.79. The Bertz CT molecular complexity index is 643. The summed E-state index contributed by atoms with van der Waals surface area (Å²) in [4.78, 5) is 0.123.